The van der Waals surface area contributed by atoms with Crippen LogP contribution in [-0.4, -0.2) is 34.3 Å². The van der Waals surface area contributed by atoms with Gasteiger partial charge in [-0.3, -0.25) is 4.79 Å². The molecular formula is C18H21NO5S. The molecule has 134 valence electrons. The molecule has 0 unspecified atom stereocenters. The number of methoxy groups -OCH3 is 2. The predicted octanol–water partition coefficient (Wildman–Crippen LogP) is 2.43. The highest BCUT2D eigenvalue weighted by Gasteiger charge is 2.20. The molecule has 0 saturated carbocycles. The maximum Gasteiger partial charge on any atom is 0.252 e. The third-order valence-electron chi connectivity index (χ3n) is 3.77. The Morgan fingerprint density at radius 2 is 1.80 bits per heavy atom. The van der Waals surface area contributed by atoms with E-state index in [-0.39, 0.29) is 22.8 Å². The van der Waals surface area contributed by atoms with Crippen LogP contribution in [0.1, 0.15) is 22.8 Å². The summed E-state index contributed by atoms with van der Waals surface area (Å²) in [5, 5.41) is 2.74. The molecule has 2 rings (SSSR count). The van der Waals surface area contributed by atoms with E-state index < -0.39 is 15.7 Å². The van der Waals surface area contributed by atoms with E-state index in [1.54, 1.807) is 44.4 Å². The van der Waals surface area contributed by atoms with Gasteiger partial charge in [0.25, 0.3) is 5.91 Å². The van der Waals surface area contributed by atoms with Crippen molar-refractivity contribution in [3.8, 4) is 11.5 Å². The summed E-state index contributed by atoms with van der Waals surface area (Å²) in [6, 6.07) is 11.4. The van der Waals surface area contributed by atoms with Crippen LogP contribution < -0.4 is 14.8 Å². The lowest BCUT2D eigenvalue weighted by atomic mass is 10.1. The lowest BCUT2D eigenvalue weighted by Crippen LogP contribution is -2.25. The third kappa shape index (κ3) is 4.30. The molecule has 2 aromatic rings. The molecule has 2 aromatic carbocycles. The molecule has 0 aromatic heterocycles. The fourth-order valence-corrected chi connectivity index (χ4v) is 3.46. The number of carbonyl (C=O) groups excluding carboxylic acids is 1. The van der Waals surface area contributed by atoms with Crippen LogP contribution in [0.4, 0.5) is 0 Å². The Morgan fingerprint density at radius 3 is 2.44 bits per heavy atom. The van der Waals surface area contributed by atoms with E-state index in [2.05, 4.69) is 5.32 Å². The van der Waals surface area contributed by atoms with Gasteiger partial charge in [0.2, 0.25) is 0 Å². The molecule has 6 nitrogen and oxygen atoms in total. The summed E-state index contributed by atoms with van der Waals surface area (Å²) in [6.07, 6.45) is 0. The average Bonchev–Trinajstić information content (AvgIpc) is 2.65. The Kier molecular flexibility index (Phi) is 6.03. The maximum atomic E-state index is 12.5. The zero-order valence-corrected chi connectivity index (χ0v) is 15.2. The Labute approximate surface area is 147 Å². The van der Waals surface area contributed by atoms with Gasteiger partial charge in [-0.2, -0.15) is 0 Å². The largest absolute Gasteiger partial charge is 0.497 e. The smallest absolute Gasteiger partial charge is 0.252 e. The van der Waals surface area contributed by atoms with E-state index in [1.807, 2.05) is 0 Å². The van der Waals surface area contributed by atoms with Gasteiger partial charge in [-0.25, -0.2) is 8.42 Å². The number of amides is 1. The number of hydrogen-bond donors (Lipinski definition) is 1. The molecule has 0 aliphatic carbocycles. The molecule has 0 aliphatic rings. The fourth-order valence-electron chi connectivity index (χ4n) is 2.37. The fraction of sp³-hybridized carbons (Fsp3) is 0.278. The SMILES string of the molecule is CCS(=O)(=O)c1ccccc1C(=O)NCc1cc(OC)ccc1OC. The molecule has 0 saturated heterocycles. The van der Waals surface area contributed by atoms with Crippen LogP contribution in [-0.2, 0) is 16.4 Å². The van der Waals surface area contributed by atoms with Gasteiger partial charge in [0.05, 0.1) is 30.4 Å². The highest BCUT2D eigenvalue weighted by molar-refractivity contribution is 7.91. The van der Waals surface area contributed by atoms with Crippen LogP contribution in [0, 0.1) is 0 Å². The van der Waals surface area contributed by atoms with Crippen molar-refractivity contribution in [2.75, 3.05) is 20.0 Å². The van der Waals surface area contributed by atoms with Crippen molar-refractivity contribution in [3.63, 3.8) is 0 Å². The first-order valence-corrected chi connectivity index (χ1v) is 9.39. The second-order valence-corrected chi connectivity index (χ2v) is 7.51. The van der Waals surface area contributed by atoms with Gasteiger partial charge >= 0.3 is 0 Å². The van der Waals surface area contributed by atoms with Crippen molar-refractivity contribution in [2.24, 2.45) is 0 Å². The van der Waals surface area contributed by atoms with Crippen molar-refractivity contribution in [3.05, 3.63) is 53.6 Å². The molecule has 0 bridgehead atoms. The molecule has 0 aliphatic heterocycles. The minimum Gasteiger partial charge on any atom is -0.497 e. The second-order valence-electron chi connectivity index (χ2n) is 5.26. The molecule has 0 spiro atoms. The Balaban J connectivity index is 2.25. The summed E-state index contributed by atoms with van der Waals surface area (Å²) in [4.78, 5) is 12.5. The van der Waals surface area contributed by atoms with Crippen molar-refractivity contribution in [1.82, 2.24) is 5.32 Å². The van der Waals surface area contributed by atoms with E-state index in [9.17, 15) is 13.2 Å². The van der Waals surface area contributed by atoms with Gasteiger partial charge in [0.15, 0.2) is 9.84 Å². The first-order chi connectivity index (χ1) is 11.9. The van der Waals surface area contributed by atoms with E-state index in [0.717, 1.165) is 5.56 Å². The molecule has 1 amide bonds. The summed E-state index contributed by atoms with van der Waals surface area (Å²) >= 11 is 0. The van der Waals surface area contributed by atoms with E-state index >= 15 is 0 Å². The molecule has 25 heavy (non-hydrogen) atoms. The zero-order chi connectivity index (χ0) is 18.4. The normalized spacial score (nSPS) is 11.0. The number of nitrogens with one attached hydrogen (secondary N) is 1. The van der Waals surface area contributed by atoms with Crippen molar-refractivity contribution in [1.29, 1.82) is 0 Å². The first kappa shape index (κ1) is 18.8. The van der Waals surface area contributed by atoms with Crippen LogP contribution in [0.25, 0.3) is 0 Å². The van der Waals surface area contributed by atoms with Crippen molar-refractivity contribution in [2.45, 2.75) is 18.4 Å². The van der Waals surface area contributed by atoms with E-state index in [1.165, 1.54) is 19.2 Å². The van der Waals surface area contributed by atoms with Crippen LogP contribution in [0.2, 0.25) is 0 Å². The Morgan fingerprint density at radius 1 is 1.08 bits per heavy atom. The monoisotopic (exact) mass is 363 g/mol. The van der Waals surface area contributed by atoms with E-state index in [0.29, 0.717) is 11.5 Å². The molecule has 0 heterocycles. The Bertz CT molecular complexity index is 862. The summed E-state index contributed by atoms with van der Waals surface area (Å²) in [5.41, 5.74) is 0.859. The van der Waals surface area contributed by atoms with Gasteiger partial charge < -0.3 is 14.8 Å². The number of rotatable bonds is 7. The third-order valence-corrected chi connectivity index (χ3v) is 5.56. The quantitative estimate of drug-likeness (QED) is 0.817. The number of ether oxygens (including phenoxy) is 2. The first-order valence-electron chi connectivity index (χ1n) is 7.73. The average molecular weight is 363 g/mol. The van der Waals surface area contributed by atoms with Crippen LogP contribution >= 0.6 is 0 Å². The molecule has 1 N–H and O–H groups in total. The predicted molar refractivity (Wildman–Crippen MR) is 94.9 cm³/mol. The number of benzene rings is 2. The lowest BCUT2D eigenvalue weighted by molar-refractivity contribution is 0.0947. The van der Waals surface area contributed by atoms with Gasteiger partial charge in [-0.05, 0) is 30.3 Å². The van der Waals surface area contributed by atoms with Gasteiger partial charge in [-0.1, -0.05) is 19.1 Å². The summed E-state index contributed by atoms with van der Waals surface area (Å²) in [7, 11) is -0.396. The number of sulfone groups is 1. The molecular weight excluding hydrogens is 342 g/mol. The van der Waals surface area contributed by atoms with Crippen LogP contribution in [0.15, 0.2) is 47.4 Å². The topological polar surface area (TPSA) is 81.7 Å². The zero-order valence-electron chi connectivity index (χ0n) is 14.4. The highest BCUT2D eigenvalue weighted by Crippen LogP contribution is 2.24. The molecule has 0 fully saturated rings. The molecule has 7 heteroatoms. The molecule has 0 atom stereocenters. The van der Waals surface area contributed by atoms with Crippen molar-refractivity contribution >= 4 is 15.7 Å². The summed E-state index contributed by atoms with van der Waals surface area (Å²) in [5.74, 6) is 0.716. The van der Waals surface area contributed by atoms with Gasteiger partial charge in [0.1, 0.15) is 11.5 Å². The van der Waals surface area contributed by atoms with Crippen LogP contribution in [0.3, 0.4) is 0 Å². The van der Waals surface area contributed by atoms with Gasteiger partial charge in [-0.15, -0.1) is 0 Å². The molecule has 0 radical (unpaired) electrons. The van der Waals surface area contributed by atoms with Crippen LogP contribution in [0.5, 0.6) is 11.5 Å². The minimum atomic E-state index is -3.49. The second kappa shape index (κ2) is 8.02. The summed E-state index contributed by atoms with van der Waals surface area (Å²) < 4.78 is 34.8. The minimum absolute atomic E-state index is 0.0348. The highest BCUT2D eigenvalue weighted by atomic mass is 32.2. The van der Waals surface area contributed by atoms with Crippen molar-refractivity contribution < 1.29 is 22.7 Å². The maximum absolute atomic E-state index is 12.5. The van der Waals surface area contributed by atoms with E-state index in [4.69, 9.17) is 9.47 Å². The number of carbonyl (C=O) groups is 1. The summed E-state index contributed by atoms with van der Waals surface area (Å²) in [6.45, 7) is 1.73. The van der Waals surface area contributed by atoms with Gasteiger partial charge in [0, 0.05) is 12.1 Å². The standard InChI is InChI=1S/C18H21NO5S/c1-4-25(21,22)17-8-6-5-7-15(17)18(20)19-12-13-11-14(23-2)9-10-16(13)24-3/h5-11H,4,12H2,1-3H3,(H,19,20). The number of hydrogen-bond acceptors (Lipinski definition) is 5. The lowest BCUT2D eigenvalue weighted by Gasteiger charge is -2.13. The Hall–Kier alpha value is -2.54.